The maximum Gasteiger partial charge on any atom is 0.123 e. The molecule has 0 aliphatic carbocycles. The van der Waals surface area contributed by atoms with Crippen LogP contribution in [-0.4, -0.2) is 41.5 Å². The molecule has 0 N–H and O–H groups in total. The molecule has 4 rings (SSSR count). The van der Waals surface area contributed by atoms with Crippen LogP contribution in [0, 0.1) is 5.82 Å². The molecule has 0 bridgehead atoms. The van der Waals surface area contributed by atoms with Crippen LogP contribution in [0.15, 0.2) is 60.9 Å². The molecule has 1 atom stereocenters. The van der Waals surface area contributed by atoms with Crippen molar-refractivity contribution in [3.63, 3.8) is 0 Å². The van der Waals surface area contributed by atoms with Crippen LogP contribution in [0.2, 0.25) is 0 Å². The second kappa shape index (κ2) is 8.54. The number of aromatic nitrogens is 2. The summed E-state index contributed by atoms with van der Waals surface area (Å²) in [6, 6.07) is 14.8. The van der Waals surface area contributed by atoms with E-state index >= 15 is 0 Å². The zero-order valence-electron chi connectivity index (χ0n) is 15.9. The quantitative estimate of drug-likeness (QED) is 0.653. The Morgan fingerprint density at radius 2 is 2.04 bits per heavy atom. The molecule has 1 fully saturated rings. The van der Waals surface area contributed by atoms with Gasteiger partial charge in [0.25, 0.3) is 0 Å². The fourth-order valence-corrected chi connectivity index (χ4v) is 3.61. The molecular weight excluding hydrogens is 357 g/mol. The van der Waals surface area contributed by atoms with Crippen molar-refractivity contribution >= 4 is 0 Å². The van der Waals surface area contributed by atoms with E-state index in [1.54, 1.807) is 25.4 Å². The van der Waals surface area contributed by atoms with Gasteiger partial charge in [0.1, 0.15) is 11.6 Å². The summed E-state index contributed by atoms with van der Waals surface area (Å²) >= 11 is 0. The van der Waals surface area contributed by atoms with Crippen LogP contribution in [0.3, 0.4) is 0 Å². The average molecular weight is 381 g/mol. The van der Waals surface area contributed by atoms with Crippen LogP contribution in [0.25, 0.3) is 0 Å². The molecule has 1 saturated heterocycles. The first-order valence-electron chi connectivity index (χ1n) is 9.44. The van der Waals surface area contributed by atoms with E-state index in [0.717, 1.165) is 36.5 Å². The molecular formula is C22H24FN3O2. The molecule has 0 saturated carbocycles. The van der Waals surface area contributed by atoms with Crippen LogP contribution in [0.1, 0.15) is 22.8 Å². The summed E-state index contributed by atoms with van der Waals surface area (Å²) in [4.78, 5) is 2.37. The largest absolute Gasteiger partial charge is 0.496 e. The van der Waals surface area contributed by atoms with Gasteiger partial charge in [0.05, 0.1) is 26.4 Å². The second-order valence-electron chi connectivity index (χ2n) is 7.00. The Kier molecular flexibility index (Phi) is 5.69. The van der Waals surface area contributed by atoms with E-state index < -0.39 is 0 Å². The molecule has 1 aliphatic heterocycles. The molecule has 28 heavy (non-hydrogen) atoms. The van der Waals surface area contributed by atoms with Crippen LogP contribution >= 0.6 is 0 Å². The number of hydrogen-bond donors (Lipinski definition) is 0. The minimum atomic E-state index is -0.223. The Bertz CT molecular complexity index is 897. The lowest BCUT2D eigenvalue weighted by atomic mass is 10.1. The number of nitrogens with zero attached hydrogens (tertiary/aromatic N) is 3. The van der Waals surface area contributed by atoms with E-state index in [1.807, 2.05) is 23.0 Å². The Morgan fingerprint density at radius 1 is 1.18 bits per heavy atom. The Balaban J connectivity index is 1.46. The van der Waals surface area contributed by atoms with Gasteiger partial charge in [-0.1, -0.05) is 18.2 Å². The number of rotatable bonds is 6. The van der Waals surface area contributed by atoms with Gasteiger partial charge >= 0.3 is 0 Å². The lowest BCUT2D eigenvalue weighted by Crippen LogP contribution is -2.37. The molecule has 5 nitrogen and oxygen atoms in total. The molecule has 2 heterocycles. The molecule has 6 heteroatoms. The highest BCUT2D eigenvalue weighted by Gasteiger charge is 2.22. The fraction of sp³-hybridized carbons (Fsp3) is 0.318. The number of hydrogen-bond acceptors (Lipinski definition) is 4. The van der Waals surface area contributed by atoms with Gasteiger partial charge in [-0.3, -0.25) is 9.58 Å². The first kappa shape index (κ1) is 18.7. The van der Waals surface area contributed by atoms with Gasteiger partial charge in [-0.2, -0.15) is 5.10 Å². The summed E-state index contributed by atoms with van der Waals surface area (Å²) in [5.74, 6) is 0.643. The van der Waals surface area contributed by atoms with E-state index in [-0.39, 0.29) is 11.9 Å². The van der Waals surface area contributed by atoms with Gasteiger partial charge in [0, 0.05) is 37.6 Å². The SMILES string of the molecule is COc1ccc(CN2CCO[C@H](c3ccc(F)cc3)C2)cc1Cn1cccn1. The normalized spacial score (nSPS) is 17.6. The topological polar surface area (TPSA) is 39.5 Å². The number of ether oxygens (including phenoxy) is 2. The number of halogens is 1. The molecule has 146 valence electrons. The summed E-state index contributed by atoms with van der Waals surface area (Å²) in [6.45, 7) is 3.82. The third-order valence-electron chi connectivity index (χ3n) is 5.03. The Hall–Kier alpha value is -2.70. The molecule has 1 aromatic heterocycles. The molecule has 0 amide bonds. The third-order valence-corrected chi connectivity index (χ3v) is 5.03. The zero-order valence-corrected chi connectivity index (χ0v) is 15.9. The maximum atomic E-state index is 13.2. The zero-order chi connectivity index (χ0) is 19.3. The van der Waals surface area contributed by atoms with E-state index in [4.69, 9.17) is 9.47 Å². The lowest BCUT2D eigenvalue weighted by Gasteiger charge is -2.33. The van der Waals surface area contributed by atoms with Crippen molar-refractivity contribution in [2.24, 2.45) is 0 Å². The van der Waals surface area contributed by atoms with Crippen molar-refractivity contribution < 1.29 is 13.9 Å². The van der Waals surface area contributed by atoms with Gasteiger partial charge < -0.3 is 9.47 Å². The predicted molar refractivity (Wildman–Crippen MR) is 105 cm³/mol. The second-order valence-corrected chi connectivity index (χ2v) is 7.00. The first-order chi connectivity index (χ1) is 13.7. The van der Waals surface area contributed by atoms with Gasteiger partial charge in [0.15, 0.2) is 0 Å². The molecule has 0 radical (unpaired) electrons. The van der Waals surface area contributed by atoms with E-state index in [2.05, 4.69) is 22.1 Å². The van der Waals surface area contributed by atoms with Gasteiger partial charge in [-0.05, 0) is 41.5 Å². The van der Waals surface area contributed by atoms with Crippen molar-refractivity contribution in [2.45, 2.75) is 19.2 Å². The molecule has 1 aliphatic rings. The van der Waals surface area contributed by atoms with E-state index in [9.17, 15) is 4.39 Å². The van der Waals surface area contributed by atoms with Crippen LogP contribution < -0.4 is 4.74 Å². The molecule has 2 aromatic carbocycles. The van der Waals surface area contributed by atoms with Crippen molar-refractivity contribution in [3.05, 3.63) is 83.4 Å². The van der Waals surface area contributed by atoms with Crippen molar-refractivity contribution in [3.8, 4) is 5.75 Å². The van der Waals surface area contributed by atoms with Crippen molar-refractivity contribution in [1.29, 1.82) is 0 Å². The summed E-state index contributed by atoms with van der Waals surface area (Å²) in [5, 5.41) is 4.29. The number of methoxy groups -OCH3 is 1. The highest BCUT2D eigenvalue weighted by Crippen LogP contribution is 2.25. The standard InChI is InChI=1S/C22H24FN3O2/c1-27-21-8-3-17(13-19(21)15-26-10-2-9-24-26)14-25-11-12-28-22(16-25)18-4-6-20(23)7-5-18/h2-10,13,22H,11-12,14-16H2,1H3/t22-/m0/s1. The maximum absolute atomic E-state index is 13.2. The van der Waals surface area contributed by atoms with Crippen LogP contribution in [0.5, 0.6) is 5.75 Å². The monoisotopic (exact) mass is 381 g/mol. The fourth-order valence-electron chi connectivity index (χ4n) is 3.61. The predicted octanol–water partition coefficient (Wildman–Crippen LogP) is 3.65. The van der Waals surface area contributed by atoms with Gasteiger partial charge in [-0.25, -0.2) is 4.39 Å². The highest BCUT2D eigenvalue weighted by atomic mass is 19.1. The first-order valence-corrected chi connectivity index (χ1v) is 9.44. The minimum absolute atomic E-state index is 0.0313. The van der Waals surface area contributed by atoms with Crippen molar-refractivity contribution in [2.75, 3.05) is 26.8 Å². The molecule has 0 spiro atoms. The summed E-state index contributed by atoms with van der Waals surface area (Å²) < 4.78 is 26.5. The van der Waals surface area contributed by atoms with E-state index in [1.165, 1.54) is 17.7 Å². The van der Waals surface area contributed by atoms with Gasteiger partial charge in [0.2, 0.25) is 0 Å². The Labute approximate surface area is 164 Å². The summed E-state index contributed by atoms with van der Waals surface area (Å²) in [5.41, 5.74) is 3.34. The number of benzene rings is 2. The highest BCUT2D eigenvalue weighted by molar-refractivity contribution is 5.37. The minimum Gasteiger partial charge on any atom is -0.496 e. The third kappa shape index (κ3) is 4.40. The number of morpholine rings is 1. The van der Waals surface area contributed by atoms with Crippen LogP contribution in [-0.2, 0) is 17.8 Å². The van der Waals surface area contributed by atoms with Gasteiger partial charge in [-0.15, -0.1) is 0 Å². The lowest BCUT2D eigenvalue weighted by molar-refractivity contribution is -0.0329. The average Bonchev–Trinajstić information content (AvgIpc) is 3.22. The summed E-state index contributed by atoms with van der Waals surface area (Å²) in [7, 11) is 1.69. The van der Waals surface area contributed by atoms with Crippen molar-refractivity contribution in [1.82, 2.24) is 14.7 Å². The molecule has 3 aromatic rings. The van der Waals surface area contributed by atoms with E-state index in [0.29, 0.717) is 13.2 Å². The molecule has 0 unspecified atom stereocenters. The van der Waals surface area contributed by atoms with Crippen LogP contribution in [0.4, 0.5) is 4.39 Å². The summed E-state index contributed by atoms with van der Waals surface area (Å²) in [6.07, 6.45) is 3.69. The smallest absolute Gasteiger partial charge is 0.123 e. The Morgan fingerprint density at radius 3 is 2.79 bits per heavy atom.